The molecular formula is C24H23N3O4. The van der Waals surface area contributed by atoms with Gasteiger partial charge in [0.05, 0.1) is 6.26 Å². The number of furan rings is 1. The molecule has 1 aromatic heterocycles. The van der Waals surface area contributed by atoms with Gasteiger partial charge >= 0.3 is 0 Å². The highest BCUT2D eigenvalue weighted by molar-refractivity contribution is 5.96. The number of carbonyl (C=O) groups is 3. The summed E-state index contributed by atoms with van der Waals surface area (Å²) in [6, 6.07) is 17.5. The van der Waals surface area contributed by atoms with E-state index in [0.29, 0.717) is 18.5 Å². The van der Waals surface area contributed by atoms with Crippen LogP contribution in [0.1, 0.15) is 37.6 Å². The van der Waals surface area contributed by atoms with Crippen molar-refractivity contribution in [2.45, 2.75) is 25.6 Å². The first-order valence-electron chi connectivity index (χ1n) is 10.1. The smallest absolute Gasteiger partial charge is 0.290 e. The molecule has 2 N–H and O–H groups in total. The van der Waals surface area contributed by atoms with Crippen LogP contribution in [0, 0.1) is 0 Å². The second-order valence-corrected chi connectivity index (χ2v) is 7.40. The average molecular weight is 417 g/mol. The molecule has 0 fully saturated rings. The molecule has 1 atom stereocenters. The number of fused-ring (bicyclic) bond motifs is 1. The maximum atomic E-state index is 13.1. The Labute approximate surface area is 180 Å². The minimum absolute atomic E-state index is 0.188. The minimum atomic E-state index is -0.658. The molecule has 0 bridgehead atoms. The summed E-state index contributed by atoms with van der Waals surface area (Å²) < 4.78 is 5.28. The van der Waals surface area contributed by atoms with Gasteiger partial charge in [0.1, 0.15) is 6.04 Å². The number of nitrogens with zero attached hydrogens (tertiary/aromatic N) is 1. The van der Waals surface area contributed by atoms with Crippen LogP contribution in [-0.2, 0) is 24.3 Å². The van der Waals surface area contributed by atoms with Crippen molar-refractivity contribution in [3.05, 3.63) is 94.9 Å². The Morgan fingerprint density at radius 2 is 1.84 bits per heavy atom. The standard InChI is InChI=1S/C24H23N3O4/c1-25-22(28)18-9-4-6-16(12-18)14-26-23(29)20-13-17-7-2-3-8-19(17)15-27(20)24(30)21-10-5-11-31-21/h2-12,20H,13-15H2,1H3,(H,25,28)(H,26,29). The third kappa shape index (κ3) is 4.35. The zero-order chi connectivity index (χ0) is 21.8. The molecule has 3 amide bonds. The van der Waals surface area contributed by atoms with Crippen molar-refractivity contribution in [2.24, 2.45) is 0 Å². The molecule has 2 heterocycles. The number of amides is 3. The van der Waals surface area contributed by atoms with Crippen LogP contribution in [0.25, 0.3) is 0 Å². The van der Waals surface area contributed by atoms with E-state index in [1.54, 1.807) is 42.3 Å². The lowest BCUT2D eigenvalue weighted by molar-refractivity contribution is -0.126. The third-order valence-corrected chi connectivity index (χ3v) is 5.43. The molecule has 7 nitrogen and oxygen atoms in total. The molecule has 0 spiro atoms. The van der Waals surface area contributed by atoms with E-state index in [9.17, 15) is 14.4 Å². The quantitative estimate of drug-likeness (QED) is 0.667. The Kier molecular flexibility index (Phi) is 5.84. The molecule has 1 aliphatic rings. The zero-order valence-electron chi connectivity index (χ0n) is 17.1. The SMILES string of the molecule is CNC(=O)c1cccc(CNC(=O)C2Cc3ccccc3CN2C(=O)c2ccco2)c1. The van der Waals surface area contributed by atoms with Gasteiger partial charge in [0.15, 0.2) is 5.76 Å². The highest BCUT2D eigenvalue weighted by Crippen LogP contribution is 2.25. The van der Waals surface area contributed by atoms with Crippen molar-refractivity contribution in [3.8, 4) is 0 Å². The summed E-state index contributed by atoms with van der Waals surface area (Å²) in [5.41, 5.74) is 3.39. The molecule has 158 valence electrons. The first-order chi connectivity index (χ1) is 15.1. The lowest BCUT2D eigenvalue weighted by atomic mass is 9.93. The van der Waals surface area contributed by atoms with Crippen LogP contribution >= 0.6 is 0 Å². The molecule has 1 aliphatic heterocycles. The van der Waals surface area contributed by atoms with Crippen LogP contribution in [0.4, 0.5) is 0 Å². The fourth-order valence-corrected chi connectivity index (χ4v) is 3.79. The molecule has 0 saturated heterocycles. The van der Waals surface area contributed by atoms with E-state index < -0.39 is 6.04 Å². The van der Waals surface area contributed by atoms with Crippen molar-refractivity contribution in [1.82, 2.24) is 15.5 Å². The Hall–Kier alpha value is -3.87. The van der Waals surface area contributed by atoms with Gasteiger partial charge in [0, 0.05) is 32.1 Å². The van der Waals surface area contributed by atoms with E-state index in [-0.39, 0.29) is 30.0 Å². The van der Waals surface area contributed by atoms with Gasteiger partial charge in [0.25, 0.3) is 11.8 Å². The predicted molar refractivity (Wildman–Crippen MR) is 114 cm³/mol. The lowest BCUT2D eigenvalue weighted by Gasteiger charge is -2.35. The van der Waals surface area contributed by atoms with Crippen LogP contribution in [-0.4, -0.2) is 35.7 Å². The van der Waals surface area contributed by atoms with Crippen molar-refractivity contribution in [3.63, 3.8) is 0 Å². The molecule has 0 radical (unpaired) electrons. The maximum Gasteiger partial charge on any atom is 0.290 e. The van der Waals surface area contributed by atoms with Crippen LogP contribution in [0.15, 0.2) is 71.3 Å². The normalized spacial score (nSPS) is 15.1. The summed E-state index contributed by atoms with van der Waals surface area (Å²) in [5, 5.41) is 5.51. The highest BCUT2D eigenvalue weighted by Gasteiger charge is 2.35. The van der Waals surface area contributed by atoms with E-state index in [0.717, 1.165) is 16.7 Å². The van der Waals surface area contributed by atoms with Gasteiger partial charge in [-0.25, -0.2) is 0 Å². The van der Waals surface area contributed by atoms with Gasteiger partial charge in [0.2, 0.25) is 5.91 Å². The Bertz CT molecular complexity index is 1110. The van der Waals surface area contributed by atoms with Crippen LogP contribution in [0.5, 0.6) is 0 Å². The van der Waals surface area contributed by atoms with Crippen molar-refractivity contribution in [1.29, 1.82) is 0 Å². The van der Waals surface area contributed by atoms with Gasteiger partial charge < -0.3 is 20.0 Å². The molecule has 0 aliphatic carbocycles. The number of carbonyl (C=O) groups excluding carboxylic acids is 3. The van der Waals surface area contributed by atoms with Crippen LogP contribution in [0.3, 0.4) is 0 Å². The number of benzene rings is 2. The summed E-state index contributed by atoms with van der Waals surface area (Å²) in [6.45, 7) is 0.588. The molecular weight excluding hydrogens is 394 g/mol. The molecule has 7 heteroatoms. The largest absolute Gasteiger partial charge is 0.459 e. The van der Waals surface area contributed by atoms with Gasteiger partial charge in [-0.1, -0.05) is 36.4 Å². The fourth-order valence-electron chi connectivity index (χ4n) is 3.79. The summed E-state index contributed by atoms with van der Waals surface area (Å²) in [7, 11) is 1.57. The highest BCUT2D eigenvalue weighted by atomic mass is 16.3. The summed E-state index contributed by atoms with van der Waals surface area (Å²) >= 11 is 0. The minimum Gasteiger partial charge on any atom is -0.459 e. The lowest BCUT2D eigenvalue weighted by Crippen LogP contribution is -2.52. The first-order valence-corrected chi connectivity index (χ1v) is 10.1. The van der Waals surface area contributed by atoms with E-state index in [1.165, 1.54) is 6.26 Å². The molecule has 0 saturated carbocycles. The van der Waals surface area contributed by atoms with Crippen LogP contribution in [0.2, 0.25) is 0 Å². The third-order valence-electron chi connectivity index (χ3n) is 5.43. The number of nitrogens with one attached hydrogen (secondary N) is 2. The topological polar surface area (TPSA) is 91.7 Å². The molecule has 4 rings (SSSR count). The summed E-state index contributed by atoms with van der Waals surface area (Å²) in [4.78, 5) is 39.5. The van der Waals surface area contributed by atoms with E-state index in [1.807, 2.05) is 30.3 Å². The van der Waals surface area contributed by atoms with E-state index in [4.69, 9.17) is 4.42 Å². The van der Waals surface area contributed by atoms with Crippen molar-refractivity contribution in [2.75, 3.05) is 7.05 Å². The molecule has 31 heavy (non-hydrogen) atoms. The number of hydrogen-bond acceptors (Lipinski definition) is 4. The second kappa shape index (κ2) is 8.87. The van der Waals surface area contributed by atoms with Gasteiger partial charge in [-0.05, 0) is 41.0 Å². The first kappa shape index (κ1) is 20.4. The van der Waals surface area contributed by atoms with Gasteiger partial charge in [-0.3, -0.25) is 14.4 Å². The van der Waals surface area contributed by atoms with E-state index in [2.05, 4.69) is 10.6 Å². The Morgan fingerprint density at radius 3 is 2.58 bits per heavy atom. The van der Waals surface area contributed by atoms with E-state index >= 15 is 0 Å². The Morgan fingerprint density at radius 1 is 1.03 bits per heavy atom. The predicted octanol–water partition coefficient (Wildman–Crippen LogP) is 2.52. The molecule has 3 aromatic rings. The molecule has 2 aromatic carbocycles. The van der Waals surface area contributed by atoms with Gasteiger partial charge in [-0.15, -0.1) is 0 Å². The molecule has 1 unspecified atom stereocenters. The average Bonchev–Trinajstić information content (AvgIpc) is 3.36. The second-order valence-electron chi connectivity index (χ2n) is 7.40. The maximum absolute atomic E-state index is 13.1. The van der Waals surface area contributed by atoms with Crippen LogP contribution < -0.4 is 10.6 Å². The number of hydrogen-bond donors (Lipinski definition) is 2. The Balaban J connectivity index is 1.53. The fraction of sp³-hybridized carbons (Fsp3) is 0.208. The summed E-state index contributed by atoms with van der Waals surface area (Å²) in [6.07, 6.45) is 1.87. The van der Waals surface area contributed by atoms with Crippen molar-refractivity contribution >= 4 is 17.7 Å². The number of rotatable bonds is 5. The van der Waals surface area contributed by atoms with Gasteiger partial charge in [-0.2, -0.15) is 0 Å². The monoisotopic (exact) mass is 417 g/mol. The zero-order valence-corrected chi connectivity index (χ0v) is 17.1. The van der Waals surface area contributed by atoms with Crippen molar-refractivity contribution < 1.29 is 18.8 Å². The summed E-state index contributed by atoms with van der Waals surface area (Å²) in [5.74, 6) is -0.552.